The lowest BCUT2D eigenvalue weighted by Crippen LogP contribution is -2.13. The van der Waals surface area contributed by atoms with E-state index < -0.39 is 5.41 Å². The molecule has 2 nitrogen and oxygen atoms in total. The van der Waals surface area contributed by atoms with Crippen LogP contribution < -0.4 is 0 Å². The van der Waals surface area contributed by atoms with Crippen LogP contribution in [0.4, 0.5) is 0 Å². The standard InChI is InChI=1S/C10H9NOS/c1-7-2-5-13-8(7)9(12)10(6-11)3-4-10/h2,5H,3-4H2,1H3. The maximum absolute atomic E-state index is 11.8. The van der Waals surface area contributed by atoms with Gasteiger partial charge in [0.2, 0.25) is 0 Å². The Balaban J connectivity index is 2.35. The van der Waals surface area contributed by atoms with Gasteiger partial charge >= 0.3 is 0 Å². The zero-order valence-electron chi connectivity index (χ0n) is 7.33. The third-order valence-corrected chi connectivity index (χ3v) is 3.48. The number of hydrogen-bond donors (Lipinski definition) is 0. The summed E-state index contributed by atoms with van der Waals surface area (Å²) >= 11 is 1.44. The van der Waals surface area contributed by atoms with Crippen molar-refractivity contribution < 1.29 is 4.79 Å². The van der Waals surface area contributed by atoms with Crippen molar-refractivity contribution in [2.24, 2.45) is 5.41 Å². The molecule has 1 aromatic heterocycles. The van der Waals surface area contributed by atoms with Crippen molar-refractivity contribution in [1.82, 2.24) is 0 Å². The Kier molecular flexibility index (Phi) is 1.74. The zero-order chi connectivity index (χ0) is 9.47. The van der Waals surface area contributed by atoms with Gasteiger partial charge in [0.05, 0.1) is 10.9 Å². The van der Waals surface area contributed by atoms with Crippen LogP contribution in [0.15, 0.2) is 11.4 Å². The summed E-state index contributed by atoms with van der Waals surface area (Å²) in [4.78, 5) is 12.6. The highest BCUT2D eigenvalue weighted by molar-refractivity contribution is 7.12. The van der Waals surface area contributed by atoms with Crippen molar-refractivity contribution in [3.63, 3.8) is 0 Å². The smallest absolute Gasteiger partial charge is 0.193 e. The third kappa shape index (κ3) is 1.18. The van der Waals surface area contributed by atoms with E-state index in [1.54, 1.807) is 0 Å². The van der Waals surface area contributed by atoms with Crippen LogP contribution in [0.5, 0.6) is 0 Å². The molecule has 0 bridgehead atoms. The molecule has 1 fully saturated rings. The molecule has 0 amide bonds. The Hall–Kier alpha value is -1.14. The van der Waals surface area contributed by atoms with Gasteiger partial charge in [-0.05, 0) is 36.8 Å². The van der Waals surface area contributed by atoms with Crippen molar-refractivity contribution in [1.29, 1.82) is 5.26 Å². The molecule has 1 saturated carbocycles. The van der Waals surface area contributed by atoms with Gasteiger partial charge in [0.1, 0.15) is 5.41 Å². The first-order valence-electron chi connectivity index (χ1n) is 4.20. The number of ketones is 1. The summed E-state index contributed by atoms with van der Waals surface area (Å²) < 4.78 is 0. The molecule has 0 radical (unpaired) electrons. The van der Waals surface area contributed by atoms with Crippen LogP contribution in [0, 0.1) is 23.7 Å². The summed E-state index contributed by atoms with van der Waals surface area (Å²) in [5.41, 5.74) is 0.340. The number of thiophene rings is 1. The van der Waals surface area contributed by atoms with Crippen LogP contribution >= 0.6 is 11.3 Å². The molecule has 0 unspecified atom stereocenters. The first kappa shape index (κ1) is 8.46. The summed E-state index contributed by atoms with van der Waals surface area (Å²) in [5.74, 6) is 0.0301. The number of nitriles is 1. The SMILES string of the molecule is Cc1ccsc1C(=O)C1(C#N)CC1. The summed E-state index contributed by atoms with van der Waals surface area (Å²) in [6.07, 6.45) is 1.47. The van der Waals surface area contributed by atoms with Gasteiger partial charge in [-0.3, -0.25) is 4.79 Å². The Morgan fingerprint density at radius 3 is 2.77 bits per heavy atom. The number of carbonyl (C=O) groups excluding carboxylic acids is 1. The number of aryl methyl sites for hydroxylation is 1. The first-order chi connectivity index (χ1) is 6.19. The summed E-state index contributed by atoms with van der Waals surface area (Å²) in [5, 5.41) is 10.7. The third-order valence-electron chi connectivity index (χ3n) is 2.47. The Labute approximate surface area is 80.8 Å². The maximum atomic E-state index is 11.8. The highest BCUT2D eigenvalue weighted by Gasteiger charge is 2.51. The van der Waals surface area contributed by atoms with Gasteiger partial charge in [-0.15, -0.1) is 11.3 Å². The van der Waals surface area contributed by atoms with Crippen molar-refractivity contribution >= 4 is 17.1 Å². The molecular weight excluding hydrogens is 182 g/mol. The van der Waals surface area contributed by atoms with Gasteiger partial charge in [-0.2, -0.15) is 5.26 Å². The lowest BCUT2D eigenvalue weighted by atomic mass is 10.0. The van der Waals surface area contributed by atoms with Crippen LogP contribution in [0.1, 0.15) is 28.1 Å². The second-order valence-electron chi connectivity index (χ2n) is 3.46. The highest BCUT2D eigenvalue weighted by atomic mass is 32.1. The van der Waals surface area contributed by atoms with Crippen LogP contribution in [-0.2, 0) is 0 Å². The molecule has 0 aromatic carbocycles. The van der Waals surface area contributed by atoms with E-state index in [9.17, 15) is 4.79 Å². The summed E-state index contributed by atoms with van der Waals surface area (Å²) in [7, 11) is 0. The molecular formula is C10H9NOS. The molecule has 13 heavy (non-hydrogen) atoms. The molecule has 2 rings (SSSR count). The summed E-state index contributed by atoms with van der Waals surface area (Å²) in [6.45, 7) is 1.91. The largest absolute Gasteiger partial charge is 0.291 e. The quantitative estimate of drug-likeness (QED) is 0.674. The van der Waals surface area contributed by atoms with E-state index in [1.807, 2.05) is 18.4 Å². The summed E-state index contributed by atoms with van der Waals surface area (Å²) in [6, 6.07) is 4.05. The van der Waals surface area contributed by atoms with Crippen LogP contribution in [0.25, 0.3) is 0 Å². The predicted octanol–water partition coefficient (Wildman–Crippen LogP) is 2.54. The molecule has 0 N–H and O–H groups in total. The van der Waals surface area contributed by atoms with Crippen LogP contribution in [-0.4, -0.2) is 5.78 Å². The zero-order valence-corrected chi connectivity index (χ0v) is 8.15. The fraction of sp³-hybridized carbons (Fsp3) is 0.400. The average Bonchev–Trinajstić information content (AvgIpc) is 2.83. The van der Waals surface area contributed by atoms with Crippen LogP contribution in [0.3, 0.4) is 0 Å². The number of carbonyl (C=O) groups is 1. The monoisotopic (exact) mass is 191 g/mol. The van der Waals surface area contributed by atoms with Gasteiger partial charge in [0.15, 0.2) is 5.78 Å². The van der Waals surface area contributed by atoms with Gasteiger partial charge in [0.25, 0.3) is 0 Å². The molecule has 1 aromatic rings. The molecule has 1 heterocycles. The van der Waals surface area contributed by atoms with Crippen molar-refractivity contribution in [3.8, 4) is 6.07 Å². The minimum Gasteiger partial charge on any atom is -0.291 e. The van der Waals surface area contributed by atoms with Gasteiger partial charge in [-0.25, -0.2) is 0 Å². The van der Waals surface area contributed by atoms with Crippen molar-refractivity contribution in [2.45, 2.75) is 19.8 Å². The van der Waals surface area contributed by atoms with E-state index in [1.165, 1.54) is 11.3 Å². The minimum atomic E-state index is -0.657. The Bertz CT molecular complexity index is 395. The molecule has 0 spiro atoms. The lowest BCUT2D eigenvalue weighted by molar-refractivity contribution is 0.0938. The van der Waals surface area contributed by atoms with Gasteiger partial charge in [-0.1, -0.05) is 0 Å². The molecule has 3 heteroatoms. The molecule has 1 aliphatic carbocycles. The Morgan fingerprint density at radius 2 is 2.38 bits per heavy atom. The van der Waals surface area contributed by atoms with Crippen LogP contribution in [0.2, 0.25) is 0 Å². The normalized spacial score (nSPS) is 17.8. The molecule has 1 aliphatic rings. The van der Waals surface area contributed by atoms with E-state index in [2.05, 4.69) is 6.07 Å². The molecule has 0 aliphatic heterocycles. The van der Waals surface area contributed by atoms with E-state index in [0.717, 1.165) is 23.3 Å². The van der Waals surface area contributed by atoms with E-state index in [4.69, 9.17) is 5.26 Å². The first-order valence-corrected chi connectivity index (χ1v) is 5.08. The second-order valence-corrected chi connectivity index (χ2v) is 4.37. The topological polar surface area (TPSA) is 40.9 Å². The maximum Gasteiger partial charge on any atom is 0.193 e. The molecule has 0 saturated heterocycles. The number of nitrogens with zero attached hydrogens (tertiary/aromatic N) is 1. The fourth-order valence-electron chi connectivity index (χ4n) is 1.34. The van der Waals surface area contributed by atoms with E-state index in [-0.39, 0.29) is 5.78 Å². The van der Waals surface area contributed by atoms with Crippen molar-refractivity contribution in [3.05, 3.63) is 21.9 Å². The average molecular weight is 191 g/mol. The number of Topliss-reactive ketones (excluding diaryl/α,β-unsaturated/α-hetero) is 1. The lowest BCUT2D eigenvalue weighted by Gasteiger charge is -2.02. The highest BCUT2D eigenvalue weighted by Crippen LogP contribution is 2.48. The fourth-order valence-corrected chi connectivity index (χ4v) is 2.30. The van der Waals surface area contributed by atoms with Crippen molar-refractivity contribution in [2.75, 3.05) is 0 Å². The van der Waals surface area contributed by atoms with E-state index >= 15 is 0 Å². The second kappa shape index (κ2) is 2.68. The van der Waals surface area contributed by atoms with Gasteiger partial charge < -0.3 is 0 Å². The van der Waals surface area contributed by atoms with Gasteiger partial charge in [0, 0.05) is 0 Å². The minimum absolute atomic E-state index is 0.0301. The number of rotatable bonds is 2. The predicted molar refractivity (Wildman–Crippen MR) is 50.7 cm³/mol. The molecule has 0 atom stereocenters. The molecule has 66 valence electrons. The number of hydrogen-bond acceptors (Lipinski definition) is 3. The van der Waals surface area contributed by atoms with E-state index in [0.29, 0.717) is 0 Å². The Morgan fingerprint density at radius 1 is 1.69 bits per heavy atom.